The molecule has 0 saturated heterocycles. The molecule has 1 aromatic heterocycles. The van der Waals surface area contributed by atoms with Crippen LogP contribution >= 0.6 is 11.3 Å². The van der Waals surface area contributed by atoms with Gasteiger partial charge in [0.1, 0.15) is 6.61 Å². The van der Waals surface area contributed by atoms with Crippen molar-refractivity contribution in [3.8, 4) is 11.1 Å². The van der Waals surface area contributed by atoms with Gasteiger partial charge in [0.2, 0.25) is 0 Å². The minimum absolute atomic E-state index is 0.0619. The van der Waals surface area contributed by atoms with Gasteiger partial charge in [0.15, 0.2) is 6.04 Å². The van der Waals surface area contributed by atoms with Gasteiger partial charge >= 0.3 is 12.1 Å². The predicted octanol–water partition coefficient (Wildman–Crippen LogP) is 4.41. The van der Waals surface area contributed by atoms with Gasteiger partial charge in [-0.1, -0.05) is 54.6 Å². The van der Waals surface area contributed by atoms with Crippen LogP contribution in [-0.2, 0) is 9.53 Å². The fourth-order valence-electron chi connectivity index (χ4n) is 3.47. The third kappa shape index (κ3) is 3.31. The Morgan fingerprint density at radius 3 is 2.19 bits per heavy atom. The number of fused-ring (bicyclic) bond motifs is 3. The highest BCUT2D eigenvalue weighted by Gasteiger charge is 2.30. The summed E-state index contributed by atoms with van der Waals surface area (Å²) in [6.45, 7) is 0.149. The zero-order chi connectivity index (χ0) is 18.8. The molecule has 1 unspecified atom stereocenters. The van der Waals surface area contributed by atoms with Crippen molar-refractivity contribution in [1.82, 2.24) is 5.32 Å². The molecule has 1 heterocycles. The number of alkyl carbamates (subject to hydrolysis) is 1. The van der Waals surface area contributed by atoms with E-state index in [1.165, 1.54) is 11.3 Å². The lowest BCUT2D eigenvalue weighted by Crippen LogP contribution is -2.34. The molecule has 0 aliphatic heterocycles. The van der Waals surface area contributed by atoms with Crippen LogP contribution in [-0.4, -0.2) is 23.8 Å². The number of ether oxygens (including phenoxy) is 1. The Hall–Kier alpha value is -3.12. The number of hydrogen-bond acceptors (Lipinski definition) is 4. The first-order valence-corrected chi connectivity index (χ1v) is 9.41. The molecule has 4 rings (SSSR count). The van der Waals surface area contributed by atoms with Crippen molar-refractivity contribution < 1.29 is 19.4 Å². The van der Waals surface area contributed by atoms with E-state index in [-0.39, 0.29) is 12.5 Å². The average Bonchev–Trinajstić information content (AvgIpc) is 3.31. The zero-order valence-electron chi connectivity index (χ0n) is 14.3. The molecule has 0 radical (unpaired) electrons. The van der Waals surface area contributed by atoms with Gasteiger partial charge in [0.25, 0.3) is 0 Å². The maximum absolute atomic E-state index is 12.2. The lowest BCUT2D eigenvalue weighted by atomic mass is 9.98. The zero-order valence-corrected chi connectivity index (χ0v) is 15.1. The minimum Gasteiger partial charge on any atom is -0.479 e. The van der Waals surface area contributed by atoms with Crippen LogP contribution in [0.4, 0.5) is 4.79 Å². The molecule has 1 amide bonds. The molecule has 0 fully saturated rings. The van der Waals surface area contributed by atoms with Crippen molar-refractivity contribution >= 4 is 23.4 Å². The van der Waals surface area contributed by atoms with Gasteiger partial charge in [0.05, 0.1) is 0 Å². The number of carbonyl (C=O) groups excluding carboxylic acids is 1. The Balaban J connectivity index is 1.49. The van der Waals surface area contributed by atoms with Gasteiger partial charge in [-0.05, 0) is 33.7 Å². The van der Waals surface area contributed by atoms with Gasteiger partial charge in [-0.15, -0.1) is 11.3 Å². The van der Waals surface area contributed by atoms with Crippen molar-refractivity contribution in [3.05, 3.63) is 82.0 Å². The van der Waals surface area contributed by atoms with Crippen molar-refractivity contribution in [2.45, 2.75) is 12.0 Å². The number of nitrogens with one attached hydrogen (secondary N) is 1. The van der Waals surface area contributed by atoms with E-state index in [2.05, 4.69) is 17.4 Å². The number of hydrogen-bond donors (Lipinski definition) is 2. The molecule has 6 heteroatoms. The fraction of sp³-hybridized carbons (Fsp3) is 0.143. The number of aliphatic carboxylic acids is 1. The van der Waals surface area contributed by atoms with E-state index in [0.717, 1.165) is 22.3 Å². The maximum Gasteiger partial charge on any atom is 0.408 e. The molecule has 2 N–H and O–H groups in total. The smallest absolute Gasteiger partial charge is 0.408 e. The highest BCUT2D eigenvalue weighted by atomic mass is 32.1. The Kier molecular flexibility index (Phi) is 4.64. The number of carboxylic acids is 1. The van der Waals surface area contributed by atoms with Crippen molar-refractivity contribution in [1.29, 1.82) is 0 Å². The molecule has 1 aliphatic carbocycles. The Morgan fingerprint density at radius 1 is 1.00 bits per heavy atom. The topological polar surface area (TPSA) is 75.6 Å². The number of amides is 1. The van der Waals surface area contributed by atoms with Crippen LogP contribution in [0.3, 0.4) is 0 Å². The molecule has 0 spiro atoms. The summed E-state index contributed by atoms with van der Waals surface area (Å²) in [7, 11) is 0. The number of thiophene rings is 1. The first-order valence-electron chi connectivity index (χ1n) is 8.53. The second kappa shape index (κ2) is 7.25. The van der Waals surface area contributed by atoms with E-state index in [0.29, 0.717) is 4.88 Å². The lowest BCUT2D eigenvalue weighted by molar-refractivity contribution is -0.139. The van der Waals surface area contributed by atoms with Crippen LogP contribution in [0.15, 0.2) is 66.0 Å². The molecule has 0 saturated carbocycles. The van der Waals surface area contributed by atoms with Gasteiger partial charge < -0.3 is 15.2 Å². The summed E-state index contributed by atoms with van der Waals surface area (Å²) in [4.78, 5) is 24.3. The first-order chi connectivity index (χ1) is 13.1. The summed E-state index contributed by atoms with van der Waals surface area (Å²) < 4.78 is 5.41. The number of rotatable bonds is 5. The first kappa shape index (κ1) is 17.3. The quantitative estimate of drug-likeness (QED) is 0.688. The summed E-state index contributed by atoms with van der Waals surface area (Å²) in [5.74, 6) is -1.18. The Morgan fingerprint density at radius 2 is 1.63 bits per heavy atom. The van der Waals surface area contributed by atoms with Gasteiger partial charge in [-0.25, -0.2) is 9.59 Å². The SMILES string of the molecule is O=C(NC(C(=O)O)c1cccs1)OCC1c2ccccc2-c2ccccc21. The molecule has 136 valence electrons. The molecule has 5 nitrogen and oxygen atoms in total. The van der Waals surface area contributed by atoms with Crippen molar-refractivity contribution in [3.63, 3.8) is 0 Å². The van der Waals surface area contributed by atoms with Crippen LogP contribution in [0.1, 0.15) is 28.0 Å². The largest absolute Gasteiger partial charge is 0.479 e. The molecule has 27 heavy (non-hydrogen) atoms. The molecule has 0 bridgehead atoms. The Labute approximate surface area is 160 Å². The minimum atomic E-state index is -1.12. The monoisotopic (exact) mass is 379 g/mol. The van der Waals surface area contributed by atoms with E-state index in [4.69, 9.17) is 4.74 Å². The van der Waals surface area contributed by atoms with E-state index in [1.807, 2.05) is 36.4 Å². The fourth-order valence-corrected chi connectivity index (χ4v) is 4.24. The van der Waals surface area contributed by atoms with Crippen LogP contribution in [0, 0.1) is 0 Å². The van der Waals surface area contributed by atoms with Gasteiger partial charge in [-0.2, -0.15) is 0 Å². The average molecular weight is 379 g/mol. The molecular formula is C21H17NO4S. The van der Waals surface area contributed by atoms with Crippen molar-refractivity contribution in [2.75, 3.05) is 6.61 Å². The van der Waals surface area contributed by atoms with Crippen LogP contribution in [0.25, 0.3) is 11.1 Å². The second-order valence-electron chi connectivity index (χ2n) is 6.26. The van der Waals surface area contributed by atoms with Crippen LogP contribution < -0.4 is 5.32 Å². The summed E-state index contributed by atoms with van der Waals surface area (Å²) in [5.41, 5.74) is 4.51. The van der Waals surface area contributed by atoms with Gasteiger partial charge in [-0.3, -0.25) is 0 Å². The number of benzene rings is 2. The molecular weight excluding hydrogens is 362 g/mol. The summed E-state index contributed by atoms with van der Waals surface area (Å²) in [6, 6.07) is 18.4. The molecule has 3 aromatic rings. The van der Waals surface area contributed by atoms with E-state index in [9.17, 15) is 14.7 Å². The van der Waals surface area contributed by atoms with Crippen LogP contribution in [0.5, 0.6) is 0 Å². The number of carbonyl (C=O) groups is 2. The van der Waals surface area contributed by atoms with E-state index >= 15 is 0 Å². The summed E-state index contributed by atoms with van der Waals surface area (Å²) in [6.07, 6.45) is -0.738. The maximum atomic E-state index is 12.2. The normalized spacial score (nSPS) is 13.5. The van der Waals surface area contributed by atoms with Gasteiger partial charge in [0, 0.05) is 10.8 Å². The van der Waals surface area contributed by atoms with Crippen molar-refractivity contribution in [2.24, 2.45) is 0 Å². The molecule has 2 aromatic carbocycles. The lowest BCUT2D eigenvalue weighted by Gasteiger charge is -2.16. The summed E-state index contributed by atoms with van der Waals surface area (Å²) in [5, 5.41) is 13.6. The number of carboxylic acid groups (broad SMARTS) is 1. The van der Waals surface area contributed by atoms with E-state index < -0.39 is 18.1 Å². The molecule has 1 atom stereocenters. The highest BCUT2D eigenvalue weighted by molar-refractivity contribution is 7.10. The van der Waals surface area contributed by atoms with Crippen LogP contribution in [0.2, 0.25) is 0 Å². The highest BCUT2D eigenvalue weighted by Crippen LogP contribution is 2.44. The molecule has 1 aliphatic rings. The standard InChI is InChI=1S/C21H17NO4S/c23-20(24)19(18-10-5-11-27-18)22-21(25)26-12-17-15-8-3-1-6-13(15)14-7-2-4-9-16(14)17/h1-11,17,19H,12H2,(H,22,25)(H,23,24). The van der Waals surface area contributed by atoms with E-state index in [1.54, 1.807) is 17.5 Å². The second-order valence-corrected chi connectivity index (χ2v) is 7.24. The third-order valence-corrected chi connectivity index (χ3v) is 5.62. The third-order valence-electron chi connectivity index (χ3n) is 4.68. The Bertz CT molecular complexity index is 938. The predicted molar refractivity (Wildman–Crippen MR) is 103 cm³/mol. The summed E-state index contributed by atoms with van der Waals surface area (Å²) >= 11 is 1.28.